The molecule has 0 atom stereocenters. The van der Waals surface area contributed by atoms with Crippen LogP contribution >= 0.6 is 0 Å². The molecule has 1 N–H and O–H groups in total. The summed E-state index contributed by atoms with van der Waals surface area (Å²) in [5, 5.41) is 2.25. The Morgan fingerprint density at radius 3 is 2.57 bits per heavy atom. The van der Waals surface area contributed by atoms with Gasteiger partial charge in [-0.15, -0.1) is 0 Å². The summed E-state index contributed by atoms with van der Waals surface area (Å²) >= 11 is 0. The topological polar surface area (TPSA) is 80.8 Å². The van der Waals surface area contributed by atoms with Crippen molar-refractivity contribution in [2.75, 3.05) is 18.6 Å². The number of methoxy groups -OCH3 is 1. The minimum Gasteiger partial charge on any atom is -0.495 e. The number of urea groups is 1. The smallest absolute Gasteiger partial charge is 0.329 e. The third kappa shape index (κ3) is 2.80. The van der Waals surface area contributed by atoms with Crippen LogP contribution in [0.4, 0.5) is 10.5 Å². The number of carbonyl (C=O) groups is 2. The predicted octanol–water partition coefficient (Wildman–Crippen LogP) is 2.25. The molecule has 7 nitrogen and oxygen atoms in total. The standard InChI is InChI=1S/C16H15N3O4/c1-10-12(22-2)8-17-15(23-11-6-4-3-5-7-11)14(10)19-9-13(20)18-16(19)21/h3-8H,9H2,1-2H3,(H,18,20,21). The van der Waals surface area contributed by atoms with Gasteiger partial charge in [-0.2, -0.15) is 0 Å². The monoisotopic (exact) mass is 313 g/mol. The second-order valence-corrected chi connectivity index (χ2v) is 4.96. The highest BCUT2D eigenvalue weighted by atomic mass is 16.5. The lowest BCUT2D eigenvalue weighted by atomic mass is 10.2. The van der Waals surface area contributed by atoms with Gasteiger partial charge in [-0.25, -0.2) is 9.78 Å². The first-order chi connectivity index (χ1) is 11.1. The third-order valence-corrected chi connectivity index (χ3v) is 3.47. The molecule has 2 heterocycles. The minimum absolute atomic E-state index is 0.0837. The van der Waals surface area contributed by atoms with E-state index in [1.807, 2.05) is 18.2 Å². The molecule has 0 unspecified atom stereocenters. The lowest BCUT2D eigenvalue weighted by Gasteiger charge is -2.20. The molecule has 1 aromatic heterocycles. The molecule has 23 heavy (non-hydrogen) atoms. The van der Waals surface area contributed by atoms with Gasteiger partial charge >= 0.3 is 6.03 Å². The molecule has 1 saturated heterocycles. The van der Waals surface area contributed by atoms with E-state index in [0.717, 1.165) is 0 Å². The lowest BCUT2D eigenvalue weighted by molar-refractivity contribution is -0.117. The summed E-state index contributed by atoms with van der Waals surface area (Å²) in [6, 6.07) is 8.58. The van der Waals surface area contributed by atoms with Crippen molar-refractivity contribution in [2.45, 2.75) is 6.92 Å². The van der Waals surface area contributed by atoms with Gasteiger partial charge in [-0.05, 0) is 19.1 Å². The fourth-order valence-electron chi connectivity index (χ4n) is 2.37. The Kier molecular flexibility index (Phi) is 3.84. The van der Waals surface area contributed by atoms with Crippen LogP contribution < -0.4 is 19.7 Å². The molecular formula is C16H15N3O4. The van der Waals surface area contributed by atoms with Gasteiger partial charge in [0.05, 0.1) is 13.3 Å². The molecule has 0 aliphatic carbocycles. The van der Waals surface area contributed by atoms with Crippen LogP contribution in [0.15, 0.2) is 36.5 Å². The van der Waals surface area contributed by atoms with Gasteiger partial charge in [-0.3, -0.25) is 15.0 Å². The highest BCUT2D eigenvalue weighted by Gasteiger charge is 2.33. The second-order valence-electron chi connectivity index (χ2n) is 4.96. The van der Waals surface area contributed by atoms with Crippen LogP contribution in [0.2, 0.25) is 0 Å². The van der Waals surface area contributed by atoms with Gasteiger partial charge in [0.2, 0.25) is 11.8 Å². The number of amides is 3. The van der Waals surface area contributed by atoms with Crippen molar-refractivity contribution in [3.8, 4) is 17.4 Å². The number of carbonyl (C=O) groups excluding carboxylic acids is 2. The van der Waals surface area contributed by atoms with E-state index in [-0.39, 0.29) is 18.3 Å². The molecule has 1 fully saturated rings. The first-order valence-electron chi connectivity index (χ1n) is 6.98. The van der Waals surface area contributed by atoms with Crippen LogP contribution in [0, 0.1) is 6.92 Å². The quantitative estimate of drug-likeness (QED) is 0.876. The van der Waals surface area contributed by atoms with Crippen LogP contribution in [0.25, 0.3) is 0 Å². The number of hydrogen-bond donors (Lipinski definition) is 1. The van der Waals surface area contributed by atoms with Gasteiger partial charge < -0.3 is 9.47 Å². The van der Waals surface area contributed by atoms with Crippen LogP contribution in [0.3, 0.4) is 0 Å². The Morgan fingerprint density at radius 1 is 1.22 bits per heavy atom. The molecule has 1 aromatic carbocycles. The van der Waals surface area contributed by atoms with Crippen LogP contribution in [-0.2, 0) is 4.79 Å². The van der Waals surface area contributed by atoms with Crippen molar-refractivity contribution < 1.29 is 19.1 Å². The highest BCUT2D eigenvalue weighted by molar-refractivity contribution is 6.13. The average Bonchev–Trinajstić information content (AvgIpc) is 2.87. The fourth-order valence-corrected chi connectivity index (χ4v) is 2.37. The number of rotatable bonds is 4. The van der Waals surface area contributed by atoms with E-state index in [9.17, 15) is 9.59 Å². The zero-order valence-electron chi connectivity index (χ0n) is 12.7. The Morgan fingerprint density at radius 2 is 1.96 bits per heavy atom. The number of nitrogens with one attached hydrogen (secondary N) is 1. The van der Waals surface area contributed by atoms with E-state index in [4.69, 9.17) is 9.47 Å². The number of nitrogens with zero attached hydrogens (tertiary/aromatic N) is 2. The highest BCUT2D eigenvalue weighted by Crippen LogP contribution is 2.38. The minimum atomic E-state index is -0.508. The van der Waals surface area contributed by atoms with E-state index in [2.05, 4.69) is 10.3 Å². The van der Waals surface area contributed by atoms with Crippen molar-refractivity contribution in [1.29, 1.82) is 0 Å². The molecule has 118 valence electrons. The van der Waals surface area contributed by atoms with Crippen LogP contribution in [0.5, 0.6) is 17.4 Å². The number of aromatic nitrogens is 1. The number of anilines is 1. The molecule has 0 bridgehead atoms. The summed E-state index contributed by atoms with van der Waals surface area (Å²) < 4.78 is 11.0. The van der Waals surface area contributed by atoms with Crippen LogP contribution in [-0.4, -0.2) is 30.6 Å². The zero-order chi connectivity index (χ0) is 16.4. The number of pyridine rings is 1. The number of para-hydroxylation sites is 1. The van der Waals surface area contributed by atoms with Gasteiger partial charge in [0.15, 0.2) is 0 Å². The fraction of sp³-hybridized carbons (Fsp3) is 0.188. The Balaban J connectivity index is 2.07. The van der Waals surface area contributed by atoms with E-state index in [1.54, 1.807) is 19.1 Å². The maximum absolute atomic E-state index is 12.0. The SMILES string of the molecule is COc1cnc(Oc2ccccc2)c(N2CC(=O)NC2=O)c1C. The van der Waals surface area contributed by atoms with Crippen molar-refractivity contribution in [3.63, 3.8) is 0 Å². The summed E-state index contributed by atoms with van der Waals surface area (Å²) in [4.78, 5) is 29.0. The van der Waals surface area contributed by atoms with Gasteiger partial charge in [-0.1, -0.05) is 18.2 Å². The summed E-state index contributed by atoms with van der Waals surface area (Å²) in [6.07, 6.45) is 1.52. The lowest BCUT2D eigenvalue weighted by Crippen LogP contribution is -2.29. The van der Waals surface area contributed by atoms with Gasteiger partial charge in [0, 0.05) is 5.56 Å². The van der Waals surface area contributed by atoms with E-state index in [0.29, 0.717) is 22.7 Å². The Bertz CT molecular complexity index is 761. The molecule has 0 spiro atoms. The Hall–Kier alpha value is -3.09. The average molecular weight is 313 g/mol. The van der Waals surface area contributed by atoms with Gasteiger partial charge in [0.25, 0.3) is 0 Å². The molecule has 7 heteroatoms. The first kappa shape index (κ1) is 14.8. The summed E-state index contributed by atoms with van der Waals surface area (Å²) in [7, 11) is 1.51. The molecular weight excluding hydrogens is 298 g/mol. The van der Waals surface area contributed by atoms with E-state index in [1.165, 1.54) is 18.2 Å². The molecule has 3 rings (SSSR count). The van der Waals surface area contributed by atoms with Gasteiger partial charge in [0.1, 0.15) is 23.7 Å². The number of imide groups is 1. The summed E-state index contributed by atoms with van der Waals surface area (Å²) in [6.45, 7) is 1.70. The number of hydrogen-bond acceptors (Lipinski definition) is 5. The molecule has 3 amide bonds. The molecule has 1 aliphatic heterocycles. The largest absolute Gasteiger partial charge is 0.495 e. The van der Waals surface area contributed by atoms with Crippen LogP contribution in [0.1, 0.15) is 5.56 Å². The predicted molar refractivity (Wildman–Crippen MR) is 82.9 cm³/mol. The van der Waals surface area contributed by atoms with E-state index < -0.39 is 6.03 Å². The summed E-state index contributed by atoms with van der Waals surface area (Å²) in [5.74, 6) is 0.951. The van der Waals surface area contributed by atoms with E-state index >= 15 is 0 Å². The molecule has 1 aliphatic rings. The third-order valence-electron chi connectivity index (χ3n) is 3.47. The molecule has 0 radical (unpaired) electrons. The zero-order valence-corrected chi connectivity index (χ0v) is 12.7. The van der Waals surface area contributed by atoms with Crippen molar-refractivity contribution in [2.24, 2.45) is 0 Å². The normalized spacial score (nSPS) is 13.9. The number of ether oxygens (including phenoxy) is 2. The summed E-state index contributed by atoms with van der Waals surface area (Å²) in [5.41, 5.74) is 1.08. The van der Waals surface area contributed by atoms with Crippen molar-refractivity contribution in [3.05, 3.63) is 42.1 Å². The van der Waals surface area contributed by atoms with Crippen molar-refractivity contribution >= 4 is 17.6 Å². The maximum atomic E-state index is 12.0. The molecule has 0 saturated carbocycles. The number of benzene rings is 1. The Labute approximate surface area is 132 Å². The van der Waals surface area contributed by atoms with Crippen molar-refractivity contribution in [1.82, 2.24) is 10.3 Å². The second kappa shape index (κ2) is 5.96. The maximum Gasteiger partial charge on any atom is 0.329 e. The molecule has 2 aromatic rings. The first-order valence-corrected chi connectivity index (χ1v) is 6.98.